The van der Waals surface area contributed by atoms with Gasteiger partial charge >= 0.3 is 5.95 Å². The van der Waals surface area contributed by atoms with E-state index in [1.165, 1.54) is 6.33 Å². The van der Waals surface area contributed by atoms with Gasteiger partial charge in [0.1, 0.15) is 5.82 Å². The number of nitrogens with zero attached hydrogens (tertiary/aromatic N) is 6. The lowest BCUT2D eigenvalue weighted by Gasteiger charge is -2.05. The van der Waals surface area contributed by atoms with Gasteiger partial charge in [-0.05, 0) is 16.6 Å². The van der Waals surface area contributed by atoms with Gasteiger partial charge in [-0.15, -0.1) is 4.68 Å². The highest BCUT2D eigenvalue weighted by molar-refractivity contribution is 5.36. The molecule has 0 atom stereocenters. The van der Waals surface area contributed by atoms with Gasteiger partial charge in [0.15, 0.2) is 0 Å². The minimum Gasteiger partial charge on any atom is -0.390 e. The van der Waals surface area contributed by atoms with E-state index in [4.69, 9.17) is 0 Å². The monoisotopic (exact) mass is 297 g/mol. The highest BCUT2D eigenvalue weighted by Gasteiger charge is 2.16. The molecule has 0 amide bonds. The van der Waals surface area contributed by atoms with Crippen LogP contribution in [0.1, 0.15) is 5.56 Å². The summed E-state index contributed by atoms with van der Waals surface area (Å²) < 4.78 is 1.16. The molecule has 3 rings (SSSR count). The first kappa shape index (κ1) is 13.6. The Bertz CT molecular complexity index is 788. The average Bonchev–Trinajstić information content (AvgIpc) is 3.05. The Morgan fingerprint density at radius 3 is 2.73 bits per heavy atom. The van der Waals surface area contributed by atoms with Crippen LogP contribution in [0.5, 0.6) is 0 Å². The van der Waals surface area contributed by atoms with E-state index in [1.54, 1.807) is 12.3 Å². The van der Waals surface area contributed by atoms with Gasteiger partial charge in [0, 0.05) is 17.8 Å². The number of hydrogen-bond donors (Lipinski definition) is 1. The van der Waals surface area contributed by atoms with Gasteiger partial charge in [-0.3, -0.25) is 0 Å². The average molecular weight is 297 g/mol. The number of nitrogens with one attached hydrogen (secondary N) is 1. The first-order valence-electron chi connectivity index (χ1n) is 6.39. The molecule has 110 valence electrons. The van der Waals surface area contributed by atoms with Crippen LogP contribution in [0.15, 0.2) is 48.9 Å². The third-order valence-electron chi connectivity index (χ3n) is 2.81. The summed E-state index contributed by atoms with van der Waals surface area (Å²) in [6.45, 7) is 0.606. The van der Waals surface area contributed by atoms with Crippen molar-refractivity contribution in [3.8, 4) is 5.95 Å². The molecule has 0 aliphatic carbocycles. The zero-order chi connectivity index (χ0) is 15.4. The van der Waals surface area contributed by atoms with Crippen molar-refractivity contribution in [2.24, 2.45) is 0 Å². The van der Waals surface area contributed by atoms with Crippen LogP contribution in [0.2, 0.25) is 0 Å². The third kappa shape index (κ3) is 3.03. The molecule has 0 fully saturated rings. The van der Waals surface area contributed by atoms with Crippen molar-refractivity contribution < 1.29 is 4.92 Å². The molecule has 2 heterocycles. The van der Waals surface area contributed by atoms with Crippen molar-refractivity contribution in [3.05, 3.63) is 64.6 Å². The van der Waals surface area contributed by atoms with Gasteiger partial charge < -0.3 is 15.4 Å². The van der Waals surface area contributed by atoms with Gasteiger partial charge in [0.2, 0.25) is 6.33 Å². The molecule has 3 aromatic rings. The Kier molecular flexibility index (Phi) is 3.69. The van der Waals surface area contributed by atoms with Crippen LogP contribution in [0.3, 0.4) is 0 Å². The molecule has 1 N–H and O–H groups in total. The molecular formula is C13H11N7O2. The third-order valence-corrected chi connectivity index (χ3v) is 2.81. The molecule has 0 radical (unpaired) electrons. The van der Waals surface area contributed by atoms with Crippen LogP contribution < -0.4 is 5.32 Å². The lowest BCUT2D eigenvalue weighted by molar-refractivity contribution is -0.394. The maximum Gasteiger partial charge on any atom is 0.491 e. The van der Waals surface area contributed by atoms with Crippen LogP contribution in [0.25, 0.3) is 5.95 Å². The largest absolute Gasteiger partial charge is 0.491 e. The lowest BCUT2D eigenvalue weighted by atomic mass is 10.2. The van der Waals surface area contributed by atoms with Crippen LogP contribution in [-0.4, -0.2) is 29.7 Å². The van der Waals surface area contributed by atoms with Crippen molar-refractivity contribution >= 4 is 11.8 Å². The zero-order valence-corrected chi connectivity index (χ0v) is 11.3. The minimum atomic E-state index is -0.673. The number of rotatable bonds is 5. The van der Waals surface area contributed by atoms with Gasteiger partial charge in [-0.25, -0.2) is 4.98 Å². The van der Waals surface area contributed by atoms with Crippen LogP contribution in [0, 0.1) is 10.1 Å². The fraction of sp³-hybridized carbons (Fsp3) is 0.0769. The molecule has 1 aromatic carbocycles. The topological polar surface area (TPSA) is 112 Å². The molecule has 0 saturated carbocycles. The molecule has 0 aliphatic rings. The Morgan fingerprint density at radius 2 is 2.00 bits per heavy atom. The van der Waals surface area contributed by atoms with Crippen LogP contribution in [0.4, 0.5) is 11.8 Å². The summed E-state index contributed by atoms with van der Waals surface area (Å²) in [5, 5.41) is 17.4. The van der Waals surface area contributed by atoms with Gasteiger partial charge in [-0.1, -0.05) is 35.3 Å². The van der Waals surface area contributed by atoms with Crippen molar-refractivity contribution in [3.63, 3.8) is 0 Å². The van der Waals surface area contributed by atoms with E-state index in [1.807, 2.05) is 30.3 Å². The summed E-state index contributed by atoms with van der Waals surface area (Å²) in [6.07, 6.45) is 2.75. The SMILES string of the molecule is O=[N+]([O-])c1ncn(-c2nccc(NCc3ccccc3)n2)n1. The van der Waals surface area contributed by atoms with Crippen LogP contribution >= 0.6 is 0 Å². The first-order valence-corrected chi connectivity index (χ1v) is 6.39. The summed E-state index contributed by atoms with van der Waals surface area (Å²) in [6, 6.07) is 11.6. The Hall–Kier alpha value is -3.36. The summed E-state index contributed by atoms with van der Waals surface area (Å²) in [7, 11) is 0. The number of benzene rings is 1. The second kappa shape index (κ2) is 5.95. The number of hydrogen-bond acceptors (Lipinski definition) is 7. The van der Waals surface area contributed by atoms with Gasteiger partial charge in [-0.2, -0.15) is 4.98 Å². The number of nitro groups is 1. The fourth-order valence-electron chi connectivity index (χ4n) is 1.78. The molecule has 0 saturated heterocycles. The molecule has 0 unspecified atom stereocenters. The zero-order valence-electron chi connectivity index (χ0n) is 11.3. The van der Waals surface area contributed by atoms with Crippen LogP contribution in [-0.2, 0) is 6.54 Å². The molecule has 0 spiro atoms. The van der Waals surface area contributed by atoms with E-state index in [-0.39, 0.29) is 5.95 Å². The van der Waals surface area contributed by atoms with E-state index in [0.29, 0.717) is 12.4 Å². The summed E-state index contributed by atoms with van der Waals surface area (Å²) in [4.78, 5) is 21.8. The Labute approximate surface area is 124 Å². The predicted molar refractivity (Wildman–Crippen MR) is 77.4 cm³/mol. The van der Waals surface area contributed by atoms with Crippen molar-refractivity contribution in [1.29, 1.82) is 0 Å². The van der Waals surface area contributed by atoms with Gasteiger partial charge in [0.25, 0.3) is 5.95 Å². The standard InChI is InChI=1S/C13H11N7O2/c21-20(22)13-16-9-19(18-13)12-14-7-6-11(17-12)15-8-10-4-2-1-3-5-10/h1-7,9H,8H2,(H,14,15,17). The second-order valence-electron chi connectivity index (χ2n) is 4.33. The molecule has 9 heteroatoms. The van der Waals surface area contributed by atoms with E-state index >= 15 is 0 Å². The molecule has 9 nitrogen and oxygen atoms in total. The van der Waals surface area contributed by atoms with E-state index in [0.717, 1.165) is 10.2 Å². The Balaban J connectivity index is 1.75. The molecular weight excluding hydrogens is 286 g/mol. The summed E-state index contributed by atoms with van der Waals surface area (Å²) >= 11 is 0. The lowest BCUT2D eigenvalue weighted by Crippen LogP contribution is -2.06. The van der Waals surface area contributed by atoms with Crippen molar-refractivity contribution in [2.75, 3.05) is 5.32 Å². The minimum absolute atomic E-state index is 0.207. The molecule has 2 aromatic heterocycles. The summed E-state index contributed by atoms with van der Waals surface area (Å²) in [5.41, 5.74) is 1.11. The number of anilines is 1. The van der Waals surface area contributed by atoms with Crippen molar-refractivity contribution in [2.45, 2.75) is 6.54 Å². The quantitative estimate of drug-likeness (QED) is 0.562. The van der Waals surface area contributed by atoms with Crippen molar-refractivity contribution in [1.82, 2.24) is 24.7 Å². The first-order chi connectivity index (χ1) is 10.7. The molecule has 0 aliphatic heterocycles. The normalized spacial score (nSPS) is 10.4. The smallest absolute Gasteiger partial charge is 0.390 e. The highest BCUT2D eigenvalue weighted by atomic mass is 16.6. The summed E-state index contributed by atoms with van der Waals surface area (Å²) in [5.74, 6) is 0.303. The maximum absolute atomic E-state index is 10.6. The fourth-order valence-corrected chi connectivity index (χ4v) is 1.78. The highest BCUT2D eigenvalue weighted by Crippen LogP contribution is 2.09. The van der Waals surface area contributed by atoms with Gasteiger partial charge in [0.05, 0.1) is 0 Å². The predicted octanol–water partition coefficient (Wildman–Crippen LogP) is 1.58. The van der Waals surface area contributed by atoms with E-state index in [9.17, 15) is 10.1 Å². The Morgan fingerprint density at radius 1 is 1.18 bits per heavy atom. The van der Waals surface area contributed by atoms with E-state index in [2.05, 4.69) is 25.4 Å². The maximum atomic E-state index is 10.6. The second-order valence-corrected chi connectivity index (χ2v) is 4.33. The molecule has 0 bridgehead atoms. The molecule has 22 heavy (non-hydrogen) atoms. The van der Waals surface area contributed by atoms with E-state index < -0.39 is 10.9 Å². The number of aromatic nitrogens is 5.